The highest BCUT2D eigenvalue weighted by atomic mass is 32.2. The third-order valence-electron chi connectivity index (χ3n) is 5.30. The van der Waals surface area contributed by atoms with Gasteiger partial charge in [0.05, 0.1) is 17.1 Å². The van der Waals surface area contributed by atoms with Gasteiger partial charge in [0.15, 0.2) is 9.84 Å². The number of rotatable bonds is 4. The standard InChI is InChI=1S/C20H21FN2O4S2/c21-13-7-5-12(6-8-13)18(24)23-20-17(15-3-1-2-4-16(15)28-20)19(25)22-14-9-10-29(26,27)11-14/h5-8,14H,1-4,9-11H2,(H,22,25)(H,23,24)/t14-/m0/s1. The van der Waals surface area contributed by atoms with Crippen LogP contribution in [0.1, 0.15) is 50.4 Å². The molecular formula is C20H21FN2O4S2. The summed E-state index contributed by atoms with van der Waals surface area (Å²) in [5.74, 6) is -1.17. The van der Waals surface area contributed by atoms with Crippen LogP contribution in [0.5, 0.6) is 0 Å². The van der Waals surface area contributed by atoms with Gasteiger partial charge in [-0.2, -0.15) is 0 Å². The third kappa shape index (κ3) is 4.35. The molecule has 2 aliphatic rings. The maximum atomic E-state index is 13.1. The number of thiophene rings is 1. The average molecular weight is 437 g/mol. The molecular weight excluding hydrogens is 415 g/mol. The minimum absolute atomic E-state index is 0.0532. The van der Waals surface area contributed by atoms with Crippen LogP contribution in [0.3, 0.4) is 0 Å². The lowest BCUT2D eigenvalue weighted by Crippen LogP contribution is -2.36. The van der Waals surface area contributed by atoms with Gasteiger partial charge in [-0.25, -0.2) is 12.8 Å². The molecule has 1 aliphatic carbocycles. The highest BCUT2D eigenvalue weighted by molar-refractivity contribution is 7.91. The second-order valence-corrected chi connectivity index (χ2v) is 10.8. The van der Waals surface area contributed by atoms with Crippen molar-refractivity contribution < 1.29 is 22.4 Å². The number of anilines is 1. The number of hydrogen-bond donors (Lipinski definition) is 2. The van der Waals surface area contributed by atoms with Gasteiger partial charge < -0.3 is 10.6 Å². The minimum Gasteiger partial charge on any atom is -0.348 e. The summed E-state index contributed by atoms with van der Waals surface area (Å²) in [7, 11) is -3.11. The molecule has 2 N–H and O–H groups in total. The summed E-state index contributed by atoms with van der Waals surface area (Å²) < 4.78 is 36.5. The Morgan fingerprint density at radius 1 is 1.07 bits per heavy atom. The van der Waals surface area contributed by atoms with Gasteiger partial charge in [0.1, 0.15) is 10.8 Å². The molecule has 29 heavy (non-hydrogen) atoms. The lowest BCUT2D eigenvalue weighted by molar-refractivity contribution is 0.0941. The van der Waals surface area contributed by atoms with Crippen molar-refractivity contribution in [3.63, 3.8) is 0 Å². The number of halogens is 1. The summed E-state index contributed by atoms with van der Waals surface area (Å²) in [6.45, 7) is 0. The van der Waals surface area contributed by atoms with Crippen LogP contribution < -0.4 is 10.6 Å². The van der Waals surface area contributed by atoms with E-state index >= 15 is 0 Å². The van der Waals surface area contributed by atoms with Crippen molar-refractivity contribution in [2.24, 2.45) is 0 Å². The van der Waals surface area contributed by atoms with E-state index in [1.54, 1.807) is 0 Å². The smallest absolute Gasteiger partial charge is 0.256 e. The predicted octanol–water partition coefficient (Wildman–Crippen LogP) is 2.94. The molecule has 9 heteroatoms. The van der Waals surface area contributed by atoms with E-state index in [0.29, 0.717) is 22.5 Å². The Balaban J connectivity index is 1.60. The summed E-state index contributed by atoms with van der Waals surface area (Å²) in [5.41, 5.74) is 1.67. The van der Waals surface area contributed by atoms with E-state index in [1.165, 1.54) is 35.6 Å². The fourth-order valence-corrected chi connectivity index (χ4v) is 6.79. The van der Waals surface area contributed by atoms with E-state index in [-0.39, 0.29) is 17.4 Å². The van der Waals surface area contributed by atoms with Gasteiger partial charge in [0, 0.05) is 16.5 Å². The Kier molecular flexibility index (Phi) is 5.44. The molecule has 1 saturated heterocycles. The third-order valence-corrected chi connectivity index (χ3v) is 8.27. The average Bonchev–Trinajstić information content (AvgIpc) is 3.21. The van der Waals surface area contributed by atoms with Crippen LogP contribution in [0.2, 0.25) is 0 Å². The maximum Gasteiger partial charge on any atom is 0.256 e. The molecule has 2 heterocycles. The number of aryl methyl sites for hydroxylation is 1. The first-order valence-corrected chi connectivity index (χ1v) is 12.2. The van der Waals surface area contributed by atoms with Crippen LogP contribution >= 0.6 is 11.3 Å². The molecule has 6 nitrogen and oxygen atoms in total. The van der Waals surface area contributed by atoms with E-state index in [9.17, 15) is 22.4 Å². The van der Waals surface area contributed by atoms with Crippen LogP contribution in [0.25, 0.3) is 0 Å². The molecule has 0 radical (unpaired) electrons. The number of sulfone groups is 1. The van der Waals surface area contributed by atoms with Crippen molar-refractivity contribution in [2.45, 2.75) is 38.1 Å². The zero-order chi connectivity index (χ0) is 20.6. The number of fused-ring (bicyclic) bond motifs is 1. The molecule has 0 unspecified atom stereocenters. The highest BCUT2D eigenvalue weighted by Gasteiger charge is 2.32. The van der Waals surface area contributed by atoms with Crippen LogP contribution in [0.15, 0.2) is 24.3 Å². The summed E-state index contributed by atoms with van der Waals surface area (Å²) in [6.07, 6.45) is 4.00. The topological polar surface area (TPSA) is 92.3 Å². The Morgan fingerprint density at radius 3 is 2.48 bits per heavy atom. The van der Waals surface area contributed by atoms with Crippen molar-refractivity contribution in [3.8, 4) is 0 Å². The van der Waals surface area contributed by atoms with Gasteiger partial charge in [-0.3, -0.25) is 9.59 Å². The Morgan fingerprint density at radius 2 is 1.79 bits per heavy atom. The fourth-order valence-electron chi connectivity index (χ4n) is 3.84. The van der Waals surface area contributed by atoms with Crippen molar-refractivity contribution in [1.29, 1.82) is 0 Å². The van der Waals surface area contributed by atoms with Crippen LogP contribution in [-0.2, 0) is 22.7 Å². The van der Waals surface area contributed by atoms with E-state index < -0.39 is 27.6 Å². The quantitative estimate of drug-likeness (QED) is 0.771. The molecule has 0 spiro atoms. The van der Waals surface area contributed by atoms with Gasteiger partial charge in [0.2, 0.25) is 0 Å². The normalized spacial score (nSPS) is 20.1. The Labute approximate surface area is 172 Å². The van der Waals surface area contributed by atoms with Gasteiger partial charge in [-0.05, 0) is 61.9 Å². The molecule has 1 atom stereocenters. The second kappa shape index (κ2) is 7.87. The molecule has 4 rings (SSSR count). The summed E-state index contributed by atoms with van der Waals surface area (Å²) in [5, 5.41) is 6.10. The van der Waals surface area contributed by atoms with E-state index in [0.717, 1.165) is 36.1 Å². The zero-order valence-corrected chi connectivity index (χ0v) is 17.3. The number of nitrogens with one attached hydrogen (secondary N) is 2. The number of benzene rings is 1. The Hall–Kier alpha value is -2.26. The maximum absolute atomic E-state index is 13.1. The molecule has 1 fully saturated rings. The first-order valence-electron chi connectivity index (χ1n) is 9.55. The molecule has 1 aliphatic heterocycles. The number of hydrogen-bond acceptors (Lipinski definition) is 5. The summed E-state index contributed by atoms with van der Waals surface area (Å²) >= 11 is 1.39. The van der Waals surface area contributed by atoms with Crippen molar-refractivity contribution >= 4 is 38.0 Å². The van der Waals surface area contributed by atoms with Gasteiger partial charge >= 0.3 is 0 Å². The molecule has 1 aromatic carbocycles. The fraction of sp³-hybridized carbons (Fsp3) is 0.400. The largest absolute Gasteiger partial charge is 0.348 e. The van der Waals surface area contributed by atoms with Crippen molar-refractivity contribution in [2.75, 3.05) is 16.8 Å². The number of amides is 2. The van der Waals surface area contributed by atoms with Crippen molar-refractivity contribution in [1.82, 2.24) is 5.32 Å². The van der Waals surface area contributed by atoms with Crippen LogP contribution in [-0.4, -0.2) is 37.8 Å². The van der Waals surface area contributed by atoms with Gasteiger partial charge in [-0.15, -0.1) is 11.3 Å². The summed E-state index contributed by atoms with van der Waals surface area (Å²) in [6, 6.07) is 4.79. The minimum atomic E-state index is -3.11. The van der Waals surface area contributed by atoms with Crippen LogP contribution in [0.4, 0.5) is 9.39 Å². The molecule has 154 valence electrons. The monoisotopic (exact) mass is 436 g/mol. The van der Waals surface area contributed by atoms with Gasteiger partial charge in [-0.1, -0.05) is 0 Å². The van der Waals surface area contributed by atoms with Crippen molar-refractivity contribution in [3.05, 3.63) is 51.7 Å². The van der Waals surface area contributed by atoms with Crippen LogP contribution in [0, 0.1) is 5.82 Å². The number of carbonyl (C=O) groups excluding carboxylic acids is 2. The lowest BCUT2D eigenvalue weighted by Gasteiger charge is -2.15. The predicted molar refractivity (Wildman–Crippen MR) is 110 cm³/mol. The lowest BCUT2D eigenvalue weighted by atomic mass is 9.95. The Bertz CT molecular complexity index is 1060. The molecule has 1 aromatic heterocycles. The summed E-state index contributed by atoms with van der Waals surface area (Å²) in [4.78, 5) is 26.7. The first kappa shape index (κ1) is 20.0. The molecule has 2 aromatic rings. The molecule has 0 saturated carbocycles. The first-order chi connectivity index (χ1) is 13.8. The van der Waals surface area contributed by atoms with Gasteiger partial charge in [0.25, 0.3) is 11.8 Å². The molecule has 2 amide bonds. The SMILES string of the molecule is O=C(Nc1sc2c(c1C(=O)N[C@H]1CCS(=O)(=O)C1)CCCC2)c1ccc(F)cc1. The highest BCUT2D eigenvalue weighted by Crippen LogP contribution is 2.38. The number of carbonyl (C=O) groups is 2. The molecule has 0 bridgehead atoms. The van der Waals surface area contributed by atoms with E-state index in [1.807, 2.05) is 0 Å². The second-order valence-electron chi connectivity index (χ2n) is 7.45. The van der Waals surface area contributed by atoms with E-state index in [2.05, 4.69) is 10.6 Å². The van der Waals surface area contributed by atoms with E-state index in [4.69, 9.17) is 0 Å². The zero-order valence-electron chi connectivity index (χ0n) is 15.7.